The van der Waals surface area contributed by atoms with Gasteiger partial charge in [-0.1, -0.05) is 6.92 Å². The van der Waals surface area contributed by atoms with Gasteiger partial charge in [-0.3, -0.25) is 0 Å². The minimum absolute atomic E-state index is 0.0142. The Morgan fingerprint density at radius 1 is 1.39 bits per heavy atom. The average Bonchev–Trinajstić information content (AvgIpc) is 2.74. The third kappa shape index (κ3) is 3.16. The molecule has 1 unspecified atom stereocenters. The standard InChI is InChI=1S/C13H16BrN3S/c1-3-13-11(4-8(2)16-17-13)12(15)6-10-5-9(14)7-18-10/h4-5,7,12H,3,6,15H2,1-2H3. The van der Waals surface area contributed by atoms with Crippen molar-refractivity contribution in [3.8, 4) is 0 Å². The van der Waals surface area contributed by atoms with Gasteiger partial charge in [-0.2, -0.15) is 10.2 Å². The zero-order valence-electron chi connectivity index (χ0n) is 10.5. The molecule has 1 atom stereocenters. The van der Waals surface area contributed by atoms with Gasteiger partial charge >= 0.3 is 0 Å². The summed E-state index contributed by atoms with van der Waals surface area (Å²) in [5.74, 6) is 0. The van der Waals surface area contributed by atoms with Crippen molar-refractivity contribution >= 4 is 27.3 Å². The van der Waals surface area contributed by atoms with Crippen molar-refractivity contribution in [3.05, 3.63) is 43.8 Å². The summed E-state index contributed by atoms with van der Waals surface area (Å²) in [7, 11) is 0. The average molecular weight is 326 g/mol. The molecule has 5 heteroatoms. The summed E-state index contributed by atoms with van der Waals surface area (Å²) in [5.41, 5.74) is 9.35. The lowest BCUT2D eigenvalue weighted by Crippen LogP contribution is -2.16. The highest BCUT2D eigenvalue weighted by atomic mass is 79.9. The molecule has 0 aromatic carbocycles. The first kappa shape index (κ1) is 13.6. The number of thiophene rings is 1. The van der Waals surface area contributed by atoms with Crippen LogP contribution in [0.2, 0.25) is 0 Å². The van der Waals surface area contributed by atoms with E-state index in [0.29, 0.717) is 0 Å². The number of aromatic nitrogens is 2. The van der Waals surface area contributed by atoms with E-state index in [0.717, 1.165) is 34.3 Å². The van der Waals surface area contributed by atoms with E-state index in [9.17, 15) is 0 Å². The Bertz CT molecular complexity index is 539. The summed E-state index contributed by atoms with van der Waals surface area (Å²) in [6.45, 7) is 4.03. The van der Waals surface area contributed by atoms with Gasteiger partial charge in [0, 0.05) is 27.2 Å². The van der Waals surface area contributed by atoms with Crippen LogP contribution in [0.3, 0.4) is 0 Å². The van der Waals surface area contributed by atoms with Crippen LogP contribution < -0.4 is 5.73 Å². The molecule has 2 heterocycles. The number of hydrogen-bond acceptors (Lipinski definition) is 4. The number of nitrogens with zero attached hydrogens (tertiary/aromatic N) is 2. The number of halogens is 1. The van der Waals surface area contributed by atoms with Gasteiger partial charge < -0.3 is 5.73 Å². The van der Waals surface area contributed by atoms with Crippen LogP contribution in [0.15, 0.2) is 22.0 Å². The molecule has 0 radical (unpaired) electrons. The van der Waals surface area contributed by atoms with Crippen LogP contribution in [0.5, 0.6) is 0 Å². The Kier molecular flexibility index (Phi) is 4.48. The lowest BCUT2D eigenvalue weighted by atomic mass is 10.0. The molecular formula is C13H16BrN3S. The van der Waals surface area contributed by atoms with E-state index in [1.54, 1.807) is 11.3 Å². The first-order chi connectivity index (χ1) is 8.60. The maximum atomic E-state index is 6.31. The molecule has 96 valence electrons. The molecule has 0 spiro atoms. The van der Waals surface area contributed by atoms with Gasteiger partial charge in [0.25, 0.3) is 0 Å². The van der Waals surface area contributed by atoms with E-state index in [-0.39, 0.29) is 6.04 Å². The second kappa shape index (κ2) is 5.91. The highest BCUT2D eigenvalue weighted by Crippen LogP contribution is 2.25. The molecule has 18 heavy (non-hydrogen) atoms. The minimum atomic E-state index is -0.0142. The van der Waals surface area contributed by atoms with Gasteiger partial charge in [-0.15, -0.1) is 11.3 Å². The van der Waals surface area contributed by atoms with E-state index in [4.69, 9.17) is 5.73 Å². The molecule has 0 fully saturated rings. The van der Waals surface area contributed by atoms with E-state index in [1.807, 2.05) is 6.92 Å². The minimum Gasteiger partial charge on any atom is -0.324 e. The van der Waals surface area contributed by atoms with Crippen molar-refractivity contribution in [2.75, 3.05) is 0 Å². The molecule has 0 amide bonds. The summed E-state index contributed by atoms with van der Waals surface area (Å²) < 4.78 is 1.12. The van der Waals surface area contributed by atoms with Crippen LogP contribution in [0.1, 0.15) is 34.8 Å². The summed E-state index contributed by atoms with van der Waals surface area (Å²) in [6, 6.07) is 4.16. The van der Waals surface area contributed by atoms with Crippen molar-refractivity contribution < 1.29 is 0 Å². The van der Waals surface area contributed by atoms with E-state index in [2.05, 4.69) is 50.6 Å². The zero-order chi connectivity index (χ0) is 13.1. The summed E-state index contributed by atoms with van der Waals surface area (Å²) in [6.07, 6.45) is 1.71. The van der Waals surface area contributed by atoms with Crippen LogP contribution in [0.25, 0.3) is 0 Å². The van der Waals surface area contributed by atoms with Crippen LogP contribution in [0, 0.1) is 6.92 Å². The van der Waals surface area contributed by atoms with Crippen molar-refractivity contribution in [2.24, 2.45) is 5.73 Å². The summed E-state index contributed by atoms with van der Waals surface area (Å²) in [5, 5.41) is 10.4. The molecule has 0 saturated heterocycles. The van der Waals surface area contributed by atoms with Gasteiger partial charge in [0.05, 0.1) is 11.4 Å². The number of nitrogens with two attached hydrogens (primary N) is 1. The second-order valence-corrected chi connectivity index (χ2v) is 6.19. The molecule has 2 N–H and O–H groups in total. The molecule has 0 bridgehead atoms. The smallest absolute Gasteiger partial charge is 0.0676 e. The van der Waals surface area contributed by atoms with Crippen LogP contribution in [-0.4, -0.2) is 10.2 Å². The molecule has 2 aromatic heterocycles. The fourth-order valence-corrected chi connectivity index (χ4v) is 3.43. The van der Waals surface area contributed by atoms with Gasteiger partial charge in [0.1, 0.15) is 0 Å². The molecule has 2 aromatic rings. The lowest BCUT2D eigenvalue weighted by Gasteiger charge is -2.14. The quantitative estimate of drug-likeness (QED) is 0.937. The predicted molar refractivity (Wildman–Crippen MR) is 78.8 cm³/mol. The highest BCUT2D eigenvalue weighted by molar-refractivity contribution is 9.10. The second-order valence-electron chi connectivity index (χ2n) is 4.28. The van der Waals surface area contributed by atoms with E-state index < -0.39 is 0 Å². The van der Waals surface area contributed by atoms with Crippen LogP contribution >= 0.6 is 27.3 Å². The molecule has 0 aliphatic heterocycles. The van der Waals surface area contributed by atoms with Gasteiger partial charge in [0.2, 0.25) is 0 Å². The van der Waals surface area contributed by atoms with Crippen molar-refractivity contribution in [1.82, 2.24) is 10.2 Å². The van der Waals surface area contributed by atoms with Gasteiger partial charge in [-0.25, -0.2) is 0 Å². The van der Waals surface area contributed by atoms with Crippen LogP contribution in [-0.2, 0) is 12.8 Å². The van der Waals surface area contributed by atoms with Crippen molar-refractivity contribution in [2.45, 2.75) is 32.7 Å². The Balaban J connectivity index is 2.22. The van der Waals surface area contributed by atoms with Gasteiger partial charge in [0.15, 0.2) is 0 Å². The third-order valence-corrected chi connectivity index (χ3v) is 4.52. The topological polar surface area (TPSA) is 51.8 Å². The molecule has 0 aliphatic rings. The molecular weight excluding hydrogens is 310 g/mol. The largest absolute Gasteiger partial charge is 0.324 e. The number of aryl methyl sites for hydroxylation is 2. The zero-order valence-corrected chi connectivity index (χ0v) is 12.9. The van der Waals surface area contributed by atoms with Crippen molar-refractivity contribution in [3.63, 3.8) is 0 Å². The Hall–Kier alpha value is -0.780. The Morgan fingerprint density at radius 2 is 2.17 bits per heavy atom. The monoisotopic (exact) mass is 325 g/mol. The molecule has 0 aliphatic carbocycles. The number of rotatable bonds is 4. The fourth-order valence-electron chi connectivity index (χ4n) is 1.92. The maximum Gasteiger partial charge on any atom is 0.0676 e. The SMILES string of the molecule is CCc1nnc(C)cc1C(N)Cc1cc(Br)cs1. The molecule has 2 rings (SSSR count). The van der Waals surface area contributed by atoms with Crippen molar-refractivity contribution in [1.29, 1.82) is 0 Å². The van der Waals surface area contributed by atoms with E-state index >= 15 is 0 Å². The number of hydrogen-bond donors (Lipinski definition) is 1. The maximum absolute atomic E-state index is 6.31. The fraction of sp³-hybridized carbons (Fsp3) is 0.385. The van der Waals surface area contributed by atoms with E-state index in [1.165, 1.54) is 4.88 Å². The Labute approximate surface area is 120 Å². The first-order valence-corrected chi connectivity index (χ1v) is 7.59. The Morgan fingerprint density at radius 3 is 2.78 bits per heavy atom. The normalized spacial score (nSPS) is 12.7. The highest BCUT2D eigenvalue weighted by Gasteiger charge is 2.14. The lowest BCUT2D eigenvalue weighted by molar-refractivity contribution is 0.698. The molecule has 3 nitrogen and oxygen atoms in total. The van der Waals surface area contributed by atoms with Crippen LogP contribution in [0.4, 0.5) is 0 Å². The first-order valence-electron chi connectivity index (χ1n) is 5.91. The summed E-state index contributed by atoms with van der Waals surface area (Å²) >= 11 is 5.19. The summed E-state index contributed by atoms with van der Waals surface area (Å²) in [4.78, 5) is 1.28. The third-order valence-electron chi connectivity index (χ3n) is 2.80. The predicted octanol–water partition coefficient (Wildman–Crippen LogP) is 3.41. The molecule has 0 saturated carbocycles. The van der Waals surface area contributed by atoms with Gasteiger partial charge in [-0.05, 0) is 47.0 Å².